The number of methoxy groups -OCH3 is 1. The van der Waals surface area contributed by atoms with Gasteiger partial charge in [-0.15, -0.1) is 0 Å². The highest BCUT2D eigenvalue weighted by molar-refractivity contribution is 6.31. The van der Waals surface area contributed by atoms with Crippen molar-refractivity contribution >= 4 is 35.3 Å². The van der Waals surface area contributed by atoms with Crippen molar-refractivity contribution in [2.45, 2.75) is 32.4 Å². The number of benzene rings is 1. The fraction of sp³-hybridized carbons (Fsp3) is 0.409. The maximum Gasteiger partial charge on any atom is 0.411 e. The van der Waals surface area contributed by atoms with Gasteiger partial charge in [0, 0.05) is 42.8 Å². The average Bonchev–Trinajstić information content (AvgIpc) is 2.81. The number of hydrogen-bond donors (Lipinski definition) is 3. The average molecular weight is 491 g/mol. The first kappa shape index (κ1) is 25.0. The molecule has 1 saturated heterocycles. The first-order valence-electron chi connectivity index (χ1n) is 10.7. The fourth-order valence-corrected chi connectivity index (χ4v) is 3.89. The Bertz CT molecular complexity index is 1140. The molecule has 1 aliphatic rings. The molecule has 0 aliphatic carbocycles. The van der Waals surface area contributed by atoms with Gasteiger partial charge in [-0.2, -0.15) is 0 Å². The predicted molar refractivity (Wildman–Crippen MR) is 127 cm³/mol. The molecule has 2 heterocycles. The van der Waals surface area contributed by atoms with E-state index in [0.29, 0.717) is 53.7 Å². The van der Waals surface area contributed by atoms with Crippen LogP contribution in [0.3, 0.4) is 0 Å². The number of halogens is 1. The Labute approximate surface area is 201 Å². The van der Waals surface area contributed by atoms with Crippen LogP contribution in [-0.2, 0) is 16.1 Å². The number of amides is 4. The number of hydrogen-bond acceptors (Lipinski definition) is 6. The highest BCUT2D eigenvalue weighted by Crippen LogP contribution is 2.29. The van der Waals surface area contributed by atoms with Crippen LogP contribution in [0, 0.1) is 6.92 Å². The van der Waals surface area contributed by atoms with Crippen molar-refractivity contribution < 1.29 is 19.1 Å². The highest BCUT2D eigenvalue weighted by Gasteiger charge is 2.24. The number of carbonyl (C=O) groups is 3. The minimum atomic E-state index is -0.687. The minimum Gasteiger partial charge on any atom is -0.453 e. The van der Waals surface area contributed by atoms with Gasteiger partial charge >= 0.3 is 12.1 Å². The van der Waals surface area contributed by atoms with Crippen LogP contribution in [-0.4, -0.2) is 65.8 Å². The van der Waals surface area contributed by atoms with E-state index < -0.39 is 11.7 Å². The number of nitrogens with zero attached hydrogens (tertiary/aromatic N) is 3. The number of ether oxygens (including phenoxy) is 1. The number of piperidine rings is 1. The summed E-state index contributed by atoms with van der Waals surface area (Å²) < 4.78 is 5.95. The molecular formula is C22H27ClN6O5. The number of anilines is 1. The van der Waals surface area contributed by atoms with Gasteiger partial charge in [0.25, 0.3) is 5.56 Å². The Kier molecular flexibility index (Phi) is 8.11. The number of aromatic nitrogens is 2. The summed E-state index contributed by atoms with van der Waals surface area (Å²) in [4.78, 5) is 55.0. The standard InChI is InChI=1S/C22H27ClN6O5/c1-13-25-18(16-5-4-14(23)10-17(16)27-22(33)34-3)11-19(30)29(13)12-20(31)28-8-6-15(7-9-28)26-21(32)24-2/h4-5,10-11,15H,6-9,12H2,1-3H3,(H,27,33)(H2,24,26,32). The molecule has 0 radical (unpaired) electrons. The van der Waals surface area contributed by atoms with E-state index in [1.165, 1.54) is 23.8 Å². The molecule has 4 amide bonds. The molecule has 3 rings (SSSR count). The third-order valence-corrected chi connectivity index (χ3v) is 5.82. The van der Waals surface area contributed by atoms with Crippen molar-refractivity contribution in [3.05, 3.63) is 45.5 Å². The number of aryl methyl sites for hydroxylation is 1. The molecule has 0 spiro atoms. The zero-order valence-corrected chi connectivity index (χ0v) is 19.9. The second-order valence-electron chi connectivity index (χ2n) is 7.80. The topological polar surface area (TPSA) is 135 Å². The predicted octanol–water partition coefficient (Wildman–Crippen LogP) is 1.97. The second kappa shape index (κ2) is 11.0. The summed E-state index contributed by atoms with van der Waals surface area (Å²) in [6, 6.07) is 5.86. The van der Waals surface area contributed by atoms with E-state index >= 15 is 0 Å². The SMILES string of the molecule is CNC(=O)NC1CCN(C(=O)Cn2c(C)nc(-c3ccc(Cl)cc3NC(=O)OC)cc2=O)CC1. The van der Waals surface area contributed by atoms with Crippen molar-refractivity contribution in [2.75, 3.05) is 32.6 Å². The van der Waals surface area contributed by atoms with Crippen LogP contribution >= 0.6 is 11.6 Å². The lowest BCUT2D eigenvalue weighted by Crippen LogP contribution is -2.49. The van der Waals surface area contributed by atoms with Crippen LogP contribution in [0.1, 0.15) is 18.7 Å². The summed E-state index contributed by atoms with van der Waals surface area (Å²) in [5.74, 6) is 0.156. The van der Waals surface area contributed by atoms with Gasteiger partial charge in [-0.25, -0.2) is 14.6 Å². The number of likely N-dealkylation sites (tertiary alicyclic amines) is 1. The molecule has 182 valence electrons. The first-order valence-corrected chi connectivity index (χ1v) is 11.1. The van der Waals surface area contributed by atoms with Gasteiger partial charge in [0.2, 0.25) is 5.91 Å². The van der Waals surface area contributed by atoms with Crippen LogP contribution in [0.2, 0.25) is 5.02 Å². The number of urea groups is 1. The van der Waals surface area contributed by atoms with E-state index in [0.717, 1.165) is 0 Å². The molecule has 0 bridgehead atoms. The maximum atomic E-state index is 12.9. The van der Waals surface area contributed by atoms with Crippen LogP contribution in [0.15, 0.2) is 29.1 Å². The molecular weight excluding hydrogens is 464 g/mol. The van der Waals surface area contributed by atoms with Gasteiger partial charge < -0.3 is 20.3 Å². The summed E-state index contributed by atoms with van der Waals surface area (Å²) in [6.07, 6.45) is 0.585. The van der Waals surface area contributed by atoms with Crippen molar-refractivity contribution in [2.24, 2.45) is 0 Å². The smallest absolute Gasteiger partial charge is 0.411 e. The van der Waals surface area contributed by atoms with Gasteiger partial charge in [0.1, 0.15) is 12.4 Å². The van der Waals surface area contributed by atoms with E-state index in [1.54, 1.807) is 31.0 Å². The summed E-state index contributed by atoms with van der Waals surface area (Å²) >= 11 is 6.05. The van der Waals surface area contributed by atoms with Gasteiger partial charge in [0.05, 0.1) is 18.5 Å². The number of nitrogens with one attached hydrogen (secondary N) is 3. The van der Waals surface area contributed by atoms with Crippen molar-refractivity contribution in [1.29, 1.82) is 0 Å². The van der Waals surface area contributed by atoms with E-state index in [2.05, 4.69) is 25.7 Å². The first-order chi connectivity index (χ1) is 16.2. The van der Waals surface area contributed by atoms with Crippen LogP contribution < -0.4 is 21.5 Å². The minimum absolute atomic E-state index is 0.00146. The molecule has 3 N–H and O–H groups in total. The van der Waals surface area contributed by atoms with E-state index in [4.69, 9.17) is 11.6 Å². The summed E-state index contributed by atoms with van der Waals surface area (Å²) in [6.45, 7) is 2.47. The molecule has 2 aromatic rings. The molecule has 1 aromatic carbocycles. The zero-order chi connectivity index (χ0) is 24.8. The lowest BCUT2D eigenvalue weighted by Gasteiger charge is -2.32. The highest BCUT2D eigenvalue weighted by atomic mass is 35.5. The lowest BCUT2D eigenvalue weighted by atomic mass is 10.1. The van der Waals surface area contributed by atoms with Crippen LogP contribution in [0.5, 0.6) is 0 Å². The Balaban J connectivity index is 1.75. The van der Waals surface area contributed by atoms with Gasteiger partial charge in [-0.3, -0.25) is 19.5 Å². The third kappa shape index (κ3) is 6.04. The molecule has 12 heteroatoms. The van der Waals surface area contributed by atoms with E-state index in [-0.39, 0.29) is 24.5 Å². The Morgan fingerprint density at radius 3 is 2.53 bits per heavy atom. The Morgan fingerprint density at radius 2 is 1.91 bits per heavy atom. The largest absolute Gasteiger partial charge is 0.453 e. The van der Waals surface area contributed by atoms with Gasteiger partial charge in [-0.1, -0.05) is 11.6 Å². The van der Waals surface area contributed by atoms with Crippen LogP contribution in [0.25, 0.3) is 11.3 Å². The van der Waals surface area contributed by atoms with E-state index in [1.807, 2.05) is 0 Å². The quantitative estimate of drug-likeness (QED) is 0.586. The molecule has 11 nitrogen and oxygen atoms in total. The summed E-state index contributed by atoms with van der Waals surface area (Å²) in [5, 5.41) is 8.31. The number of rotatable bonds is 5. The third-order valence-electron chi connectivity index (χ3n) is 5.58. The van der Waals surface area contributed by atoms with Crippen molar-refractivity contribution in [3.8, 4) is 11.3 Å². The van der Waals surface area contributed by atoms with Crippen molar-refractivity contribution in [3.63, 3.8) is 0 Å². The Hall–Kier alpha value is -3.60. The Morgan fingerprint density at radius 1 is 1.21 bits per heavy atom. The molecule has 0 unspecified atom stereocenters. The zero-order valence-electron chi connectivity index (χ0n) is 19.2. The number of carbonyl (C=O) groups excluding carboxylic acids is 3. The molecule has 0 atom stereocenters. The fourth-order valence-electron chi connectivity index (χ4n) is 3.72. The van der Waals surface area contributed by atoms with Gasteiger partial charge in [0.15, 0.2) is 0 Å². The molecule has 1 aliphatic heterocycles. The molecule has 1 aromatic heterocycles. The second-order valence-corrected chi connectivity index (χ2v) is 8.23. The monoisotopic (exact) mass is 490 g/mol. The maximum absolute atomic E-state index is 12.9. The van der Waals surface area contributed by atoms with Gasteiger partial charge in [-0.05, 0) is 38.0 Å². The molecule has 0 saturated carbocycles. The normalized spacial score (nSPS) is 13.8. The summed E-state index contributed by atoms with van der Waals surface area (Å²) in [5.41, 5.74) is 0.758. The summed E-state index contributed by atoms with van der Waals surface area (Å²) in [7, 11) is 2.79. The van der Waals surface area contributed by atoms with Crippen LogP contribution in [0.4, 0.5) is 15.3 Å². The molecule has 1 fully saturated rings. The molecule has 34 heavy (non-hydrogen) atoms. The van der Waals surface area contributed by atoms with Crippen molar-refractivity contribution in [1.82, 2.24) is 25.1 Å². The lowest BCUT2D eigenvalue weighted by molar-refractivity contribution is -0.133. The van der Waals surface area contributed by atoms with E-state index in [9.17, 15) is 19.2 Å².